The quantitative estimate of drug-likeness (QED) is 0.656. The van der Waals surface area contributed by atoms with Crippen molar-refractivity contribution < 1.29 is 9.72 Å². The Morgan fingerprint density at radius 2 is 2.10 bits per heavy atom. The van der Waals surface area contributed by atoms with Crippen molar-refractivity contribution in [3.63, 3.8) is 0 Å². The number of non-ortho nitro benzene ring substituents is 1. The van der Waals surface area contributed by atoms with E-state index in [2.05, 4.69) is 10.3 Å². The average molecular weight is 272 g/mol. The van der Waals surface area contributed by atoms with Gasteiger partial charge < -0.3 is 11.1 Å². The van der Waals surface area contributed by atoms with Gasteiger partial charge in [-0.2, -0.15) is 0 Å². The number of nitrogens with zero attached hydrogens (tertiary/aromatic N) is 2. The standard InChI is InChI=1S/C13H12N4O3/c1-8-2-4-10(17(19)20)6-11(8)13(18)16-9-3-5-12(14)15-7-9/h2-7H,1H3,(H2,14,15)(H,16,18). The number of amides is 1. The fourth-order valence-electron chi connectivity index (χ4n) is 1.65. The fourth-order valence-corrected chi connectivity index (χ4v) is 1.65. The van der Waals surface area contributed by atoms with Crippen molar-refractivity contribution in [1.29, 1.82) is 0 Å². The highest BCUT2D eigenvalue weighted by Gasteiger charge is 2.14. The van der Waals surface area contributed by atoms with Gasteiger partial charge in [-0.25, -0.2) is 4.98 Å². The molecule has 1 heterocycles. The molecular weight excluding hydrogens is 260 g/mol. The first kappa shape index (κ1) is 13.5. The topological polar surface area (TPSA) is 111 Å². The molecule has 0 aliphatic rings. The Balaban J connectivity index is 2.26. The maximum absolute atomic E-state index is 12.1. The van der Waals surface area contributed by atoms with E-state index in [4.69, 9.17) is 5.73 Å². The summed E-state index contributed by atoms with van der Waals surface area (Å²) in [6.07, 6.45) is 1.42. The van der Waals surface area contributed by atoms with Crippen LogP contribution < -0.4 is 11.1 Å². The number of nitro groups is 1. The number of aromatic nitrogens is 1. The molecule has 3 N–H and O–H groups in total. The molecule has 7 nitrogen and oxygen atoms in total. The van der Waals surface area contributed by atoms with Crippen molar-refractivity contribution in [2.45, 2.75) is 6.92 Å². The highest BCUT2D eigenvalue weighted by atomic mass is 16.6. The van der Waals surface area contributed by atoms with Gasteiger partial charge in [-0.1, -0.05) is 6.07 Å². The van der Waals surface area contributed by atoms with Crippen LogP contribution in [0.1, 0.15) is 15.9 Å². The first-order valence-electron chi connectivity index (χ1n) is 5.75. The number of nitro benzene ring substituents is 1. The molecule has 0 saturated carbocycles. The molecule has 0 aliphatic carbocycles. The summed E-state index contributed by atoms with van der Waals surface area (Å²) < 4.78 is 0. The first-order chi connectivity index (χ1) is 9.47. The van der Waals surface area contributed by atoms with Crippen LogP contribution in [0.4, 0.5) is 17.2 Å². The molecular formula is C13H12N4O3. The van der Waals surface area contributed by atoms with E-state index in [1.54, 1.807) is 19.1 Å². The Bertz CT molecular complexity index is 668. The summed E-state index contributed by atoms with van der Waals surface area (Å²) in [6, 6.07) is 7.30. The molecule has 0 unspecified atom stereocenters. The van der Waals surface area contributed by atoms with Crippen LogP contribution in [0.15, 0.2) is 36.5 Å². The highest BCUT2D eigenvalue weighted by Crippen LogP contribution is 2.18. The van der Waals surface area contributed by atoms with Crippen LogP contribution in [0.25, 0.3) is 0 Å². The van der Waals surface area contributed by atoms with Crippen molar-refractivity contribution >= 4 is 23.1 Å². The molecule has 102 valence electrons. The SMILES string of the molecule is Cc1ccc([N+](=O)[O-])cc1C(=O)Nc1ccc(N)nc1. The van der Waals surface area contributed by atoms with Gasteiger partial charge >= 0.3 is 0 Å². The lowest BCUT2D eigenvalue weighted by Crippen LogP contribution is -2.14. The van der Waals surface area contributed by atoms with Crippen molar-refractivity contribution in [2.75, 3.05) is 11.1 Å². The Morgan fingerprint density at radius 1 is 1.35 bits per heavy atom. The molecule has 0 bridgehead atoms. The number of rotatable bonds is 3. The summed E-state index contributed by atoms with van der Waals surface area (Å²) in [7, 11) is 0. The minimum absolute atomic E-state index is 0.129. The van der Waals surface area contributed by atoms with Crippen LogP contribution in [-0.4, -0.2) is 15.8 Å². The molecule has 0 radical (unpaired) electrons. The van der Waals surface area contributed by atoms with Gasteiger partial charge in [0.05, 0.1) is 16.8 Å². The lowest BCUT2D eigenvalue weighted by Gasteiger charge is -2.07. The van der Waals surface area contributed by atoms with Crippen molar-refractivity contribution in [3.05, 3.63) is 57.8 Å². The highest BCUT2D eigenvalue weighted by molar-refractivity contribution is 6.05. The van der Waals surface area contributed by atoms with Gasteiger partial charge in [0.2, 0.25) is 0 Å². The summed E-state index contributed by atoms with van der Waals surface area (Å²) in [5.74, 6) is -0.0905. The molecule has 1 aromatic heterocycles. The van der Waals surface area contributed by atoms with Gasteiger partial charge in [0.1, 0.15) is 5.82 Å². The van der Waals surface area contributed by atoms with Gasteiger partial charge in [0.15, 0.2) is 0 Å². The molecule has 0 atom stereocenters. The van der Waals surface area contributed by atoms with E-state index in [9.17, 15) is 14.9 Å². The third kappa shape index (κ3) is 2.89. The van der Waals surface area contributed by atoms with E-state index < -0.39 is 10.8 Å². The maximum Gasteiger partial charge on any atom is 0.270 e. The number of benzene rings is 1. The molecule has 1 aromatic carbocycles. The summed E-state index contributed by atoms with van der Waals surface area (Å²) >= 11 is 0. The monoisotopic (exact) mass is 272 g/mol. The fraction of sp³-hybridized carbons (Fsp3) is 0.0769. The second-order valence-corrected chi connectivity index (χ2v) is 4.18. The molecule has 7 heteroatoms. The second-order valence-electron chi connectivity index (χ2n) is 4.18. The molecule has 0 saturated heterocycles. The molecule has 2 aromatic rings. The Hall–Kier alpha value is -2.96. The van der Waals surface area contributed by atoms with Crippen molar-refractivity contribution in [1.82, 2.24) is 4.98 Å². The third-order valence-electron chi connectivity index (χ3n) is 2.72. The number of nitrogens with one attached hydrogen (secondary N) is 1. The summed E-state index contributed by atoms with van der Waals surface area (Å²) in [4.78, 5) is 26.1. The normalized spacial score (nSPS) is 10.1. The lowest BCUT2D eigenvalue weighted by molar-refractivity contribution is -0.384. The second kappa shape index (κ2) is 5.35. The Kier molecular flexibility index (Phi) is 3.60. The van der Waals surface area contributed by atoms with Crippen LogP contribution in [-0.2, 0) is 0 Å². The van der Waals surface area contributed by atoms with Crippen LogP contribution in [0.3, 0.4) is 0 Å². The molecule has 1 amide bonds. The zero-order chi connectivity index (χ0) is 14.7. The Labute approximate surface area is 114 Å². The maximum atomic E-state index is 12.1. The largest absolute Gasteiger partial charge is 0.384 e. The first-order valence-corrected chi connectivity index (χ1v) is 5.75. The van der Waals surface area contributed by atoms with Crippen molar-refractivity contribution in [3.8, 4) is 0 Å². The molecule has 0 fully saturated rings. The number of carbonyl (C=O) groups excluding carboxylic acids is 1. The smallest absolute Gasteiger partial charge is 0.270 e. The minimum atomic E-state index is -0.541. The van der Waals surface area contributed by atoms with Crippen LogP contribution in [0.5, 0.6) is 0 Å². The zero-order valence-electron chi connectivity index (χ0n) is 10.7. The van der Waals surface area contributed by atoms with Gasteiger partial charge in [-0.15, -0.1) is 0 Å². The van der Waals surface area contributed by atoms with Crippen LogP contribution >= 0.6 is 0 Å². The Morgan fingerprint density at radius 3 is 2.70 bits per heavy atom. The van der Waals surface area contributed by atoms with E-state index in [1.165, 1.54) is 24.4 Å². The molecule has 0 spiro atoms. The third-order valence-corrected chi connectivity index (χ3v) is 2.72. The van der Waals surface area contributed by atoms with E-state index in [-0.39, 0.29) is 11.3 Å². The number of anilines is 2. The van der Waals surface area contributed by atoms with E-state index in [0.29, 0.717) is 17.1 Å². The van der Waals surface area contributed by atoms with Crippen molar-refractivity contribution in [2.24, 2.45) is 0 Å². The predicted molar refractivity (Wildman–Crippen MR) is 74.4 cm³/mol. The summed E-state index contributed by atoms with van der Waals surface area (Å²) in [5.41, 5.74) is 6.68. The van der Waals surface area contributed by atoms with E-state index in [0.717, 1.165) is 0 Å². The molecule has 20 heavy (non-hydrogen) atoms. The van der Waals surface area contributed by atoms with Gasteiger partial charge in [-0.3, -0.25) is 14.9 Å². The van der Waals surface area contributed by atoms with Crippen LogP contribution in [0, 0.1) is 17.0 Å². The number of hydrogen-bond donors (Lipinski definition) is 2. The average Bonchev–Trinajstić information content (AvgIpc) is 2.41. The number of hydrogen-bond acceptors (Lipinski definition) is 5. The predicted octanol–water partition coefficient (Wildman–Crippen LogP) is 2.13. The van der Waals surface area contributed by atoms with Crippen LogP contribution in [0.2, 0.25) is 0 Å². The number of carbonyl (C=O) groups is 1. The lowest BCUT2D eigenvalue weighted by atomic mass is 10.1. The number of nitrogens with two attached hydrogens (primary N) is 1. The van der Waals surface area contributed by atoms with Gasteiger partial charge in [0, 0.05) is 17.7 Å². The van der Waals surface area contributed by atoms with Gasteiger partial charge in [-0.05, 0) is 24.6 Å². The number of pyridine rings is 1. The number of aryl methyl sites for hydroxylation is 1. The zero-order valence-corrected chi connectivity index (χ0v) is 10.7. The van der Waals surface area contributed by atoms with E-state index >= 15 is 0 Å². The molecule has 0 aliphatic heterocycles. The summed E-state index contributed by atoms with van der Waals surface area (Å²) in [5, 5.41) is 13.3. The molecule has 2 rings (SSSR count). The summed E-state index contributed by atoms with van der Waals surface area (Å²) in [6.45, 7) is 1.71. The van der Waals surface area contributed by atoms with Gasteiger partial charge in [0.25, 0.3) is 11.6 Å². The van der Waals surface area contributed by atoms with E-state index in [1.807, 2.05) is 0 Å². The number of nitrogen functional groups attached to an aromatic ring is 1. The minimum Gasteiger partial charge on any atom is -0.384 e.